The maximum Gasteiger partial charge on any atom is 0.303 e. The average molecular weight is 378 g/mol. The van der Waals surface area contributed by atoms with Crippen LogP contribution in [0.25, 0.3) is 0 Å². The van der Waals surface area contributed by atoms with Gasteiger partial charge in [0.05, 0.1) is 5.25 Å². The Morgan fingerprint density at radius 1 is 0.760 bits per heavy atom. The molecule has 142 valence electrons. The second-order valence-electron chi connectivity index (χ2n) is 5.30. The lowest BCUT2D eigenvalue weighted by Gasteiger charge is -2.43. The fraction of sp³-hybridized carbons (Fsp3) is 0.733. The Morgan fingerprint density at radius 3 is 1.72 bits per heavy atom. The third-order valence-electron chi connectivity index (χ3n) is 3.20. The van der Waals surface area contributed by atoms with Gasteiger partial charge in [-0.15, -0.1) is 11.8 Å². The smallest absolute Gasteiger partial charge is 0.303 e. The van der Waals surface area contributed by atoms with E-state index in [1.807, 2.05) is 0 Å². The molecule has 1 aliphatic rings. The Hall–Kier alpha value is -1.81. The molecule has 0 unspecified atom stereocenters. The minimum absolute atomic E-state index is 0.0949. The molecule has 1 rings (SSSR count). The summed E-state index contributed by atoms with van der Waals surface area (Å²) < 4.78 is 26.1. The molecule has 0 aromatic carbocycles. The first kappa shape index (κ1) is 21.2. The van der Waals surface area contributed by atoms with Crippen LogP contribution in [0.1, 0.15) is 27.7 Å². The Labute approximate surface area is 149 Å². The van der Waals surface area contributed by atoms with Crippen molar-refractivity contribution in [3.8, 4) is 0 Å². The molecular formula is C15H22O9S. The van der Waals surface area contributed by atoms with Gasteiger partial charge in [-0.25, -0.2) is 0 Å². The molecule has 0 aromatic rings. The molecule has 1 saturated heterocycles. The van der Waals surface area contributed by atoms with Crippen molar-refractivity contribution in [2.45, 2.75) is 56.7 Å². The van der Waals surface area contributed by atoms with E-state index < -0.39 is 52.9 Å². The topological polar surface area (TPSA) is 114 Å². The first-order chi connectivity index (χ1) is 11.6. The molecular weight excluding hydrogens is 356 g/mol. The lowest BCUT2D eigenvalue weighted by Crippen LogP contribution is -2.58. The summed E-state index contributed by atoms with van der Waals surface area (Å²) in [7, 11) is 1.35. The van der Waals surface area contributed by atoms with Gasteiger partial charge in [-0.1, -0.05) is 0 Å². The Morgan fingerprint density at radius 2 is 1.28 bits per heavy atom. The molecule has 0 spiro atoms. The molecule has 1 heterocycles. The van der Waals surface area contributed by atoms with Gasteiger partial charge in [-0.3, -0.25) is 19.2 Å². The molecule has 1 fully saturated rings. The number of hydrogen-bond donors (Lipinski definition) is 0. The van der Waals surface area contributed by atoms with E-state index in [0.717, 1.165) is 11.8 Å². The standard InChI is InChI=1S/C15H22O9S/c1-7(16)21-6-11-12(22-8(2)17)13(20-5)14(23-9(3)18)15(25-11)24-10(4)19/h11-15H,6H2,1-5H3/t11-,12+,13-,14+,15+/m0/s1. The van der Waals surface area contributed by atoms with Gasteiger partial charge in [-0.05, 0) is 0 Å². The van der Waals surface area contributed by atoms with Crippen molar-refractivity contribution in [1.82, 2.24) is 0 Å². The van der Waals surface area contributed by atoms with E-state index in [4.69, 9.17) is 23.7 Å². The Balaban J connectivity index is 3.14. The molecule has 1 aliphatic heterocycles. The summed E-state index contributed by atoms with van der Waals surface area (Å²) in [4.78, 5) is 45.4. The average Bonchev–Trinajstić information content (AvgIpc) is 2.46. The number of ether oxygens (including phenoxy) is 5. The van der Waals surface area contributed by atoms with E-state index in [1.165, 1.54) is 34.8 Å². The summed E-state index contributed by atoms with van der Waals surface area (Å²) in [6, 6.07) is 0. The molecule has 0 saturated carbocycles. The third kappa shape index (κ3) is 6.54. The fourth-order valence-electron chi connectivity index (χ4n) is 2.39. The Kier molecular flexibility index (Phi) is 8.17. The summed E-state index contributed by atoms with van der Waals surface area (Å²) >= 11 is 1.07. The summed E-state index contributed by atoms with van der Waals surface area (Å²) in [5.41, 5.74) is -0.904. The van der Waals surface area contributed by atoms with Gasteiger partial charge >= 0.3 is 23.9 Å². The molecule has 9 nitrogen and oxygen atoms in total. The highest BCUT2D eigenvalue weighted by Gasteiger charge is 2.51. The first-order valence-corrected chi connectivity index (χ1v) is 8.43. The number of carbonyl (C=O) groups excluding carboxylic acids is 4. The normalized spacial score (nSPS) is 28.6. The maximum atomic E-state index is 11.5. The predicted octanol–water partition coefficient (Wildman–Crippen LogP) is 0.433. The highest BCUT2D eigenvalue weighted by Crippen LogP contribution is 2.38. The molecule has 0 radical (unpaired) electrons. The van der Waals surface area contributed by atoms with Crippen LogP contribution in [0, 0.1) is 0 Å². The van der Waals surface area contributed by atoms with E-state index >= 15 is 0 Å². The van der Waals surface area contributed by atoms with Crippen LogP contribution in [-0.4, -0.2) is 66.6 Å². The van der Waals surface area contributed by atoms with Crippen LogP contribution in [0.15, 0.2) is 0 Å². The summed E-state index contributed by atoms with van der Waals surface area (Å²) in [5.74, 6) is -2.28. The van der Waals surface area contributed by atoms with Crippen LogP contribution in [-0.2, 0) is 42.9 Å². The van der Waals surface area contributed by atoms with Crippen molar-refractivity contribution in [2.24, 2.45) is 0 Å². The highest BCUT2D eigenvalue weighted by molar-refractivity contribution is 8.00. The van der Waals surface area contributed by atoms with Gasteiger partial charge in [0.1, 0.15) is 18.8 Å². The van der Waals surface area contributed by atoms with Crippen LogP contribution in [0.4, 0.5) is 0 Å². The van der Waals surface area contributed by atoms with Gasteiger partial charge in [0.15, 0.2) is 11.5 Å². The van der Waals surface area contributed by atoms with Crippen LogP contribution >= 0.6 is 11.8 Å². The number of thioether (sulfide) groups is 1. The van der Waals surface area contributed by atoms with E-state index in [0.29, 0.717) is 0 Å². The highest BCUT2D eigenvalue weighted by atomic mass is 32.2. The van der Waals surface area contributed by atoms with Crippen molar-refractivity contribution in [3.05, 3.63) is 0 Å². The molecule has 0 N–H and O–H groups in total. The number of esters is 4. The van der Waals surface area contributed by atoms with Crippen LogP contribution < -0.4 is 0 Å². The summed E-state index contributed by atoms with van der Waals surface area (Å²) in [5, 5.41) is -0.575. The van der Waals surface area contributed by atoms with Crippen molar-refractivity contribution in [2.75, 3.05) is 13.7 Å². The van der Waals surface area contributed by atoms with Crippen molar-refractivity contribution in [3.63, 3.8) is 0 Å². The molecule has 0 aliphatic carbocycles. The number of methoxy groups -OCH3 is 1. The lowest BCUT2D eigenvalue weighted by atomic mass is 10.0. The number of rotatable bonds is 6. The van der Waals surface area contributed by atoms with Crippen LogP contribution in [0.3, 0.4) is 0 Å². The molecule has 0 aromatic heterocycles. The van der Waals surface area contributed by atoms with Gasteiger partial charge in [0.2, 0.25) is 0 Å². The minimum atomic E-state index is -0.991. The van der Waals surface area contributed by atoms with Crippen molar-refractivity contribution in [1.29, 1.82) is 0 Å². The number of hydrogen-bond acceptors (Lipinski definition) is 10. The third-order valence-corrected chi connectivity index (χ3v) is 4.59. The van der Waals surface area contributed by atoms with Gasteiger partial charge in [0.25, 0.3) is 0 Å². The largest absolute Gasteiger partial charge is 0.465 e. The monoisotopic (exact) mass is 378 g/mol. The molecule has 0 amide bonds. The second-order valence-corrected chi connectivity index (χ2v) is 6.65. The van der Waals surface area contributed by atoms with Gasteiger partial charge < -0.3 is 23.7 Å². The first-order valence-electron chi connectivity index (χ1n) is 7.49. The molecule has 25 heavy (non-hydrogen) atoms. The minimum Gasteiger partial charge on any atom is -0.465 e. The van der Waals surface area contributed by atoms with E-state index in [9.17, 15) is 19.2 Å². The van der Waals surface area contributed by atoms with Gasteiger partial charge in [-0.2, -0.15) is 0 Å². The summed E-state index contributed by atoms with van der Waals surface area (Å²) in [6.07, 6.45) is -2.77. The van der Waals surface area contributed by atoms with Crippen molar-refractivity contribution < 1.29 is 42.9 Å². The lowest BCUT2D eigenvalue weighted by molar-refractivity contribution is -0.187. The van der Waals surface area contributed by atoms with Crippen LogP contribution in [0.2, 0.25) is 0 Å². The Bertz CT molecular complexity index is 521. The summed E-state index contributed by atoms with van der Waals surface area (Å²) in [6.45, 7) is 4.79. The van der Waals surface area contributed by atoms with E-state index in [-0.39, 0.29) is 6.61 Å². The maximum absolute atomic E-state index is 11.5. The molecule has 10 heteroatoms. The SMILES string of the molecule is CO[C@@H]1[C@@H](OC(C)=O)[C@H](OC(C)=O)S[C@@H](COC(C)=O)[C@H]1OC(C)=O. The van der Waals surface area contributed by atoms with Crippen molar-refractivity contribution >= 4 is 35.6 Å². The molecule has 5 atom stereocenters. The van der Waals surface area contributed by atoms with E-state index in [2.05, 4.69) is 0 Å². The molecule has 0 bridgehead atoms. The van der Waals surface area contributed by atoms with Crippen LogP contribution in [0.5, 0.6) is 0 Å². The second kappa shape index (κ2) is 9.62. The fourth-order valence-corrected chi connectivity index (χ4v) is 3.80. The van der Waals surface area contributed by atoms with Gasteiger partial charge in [0, 0.05) is 34.8 Å². The zero-order valence-corrected chi connectivity index (χ0v) is 15.5. The quantitative estimate of drug-likeness (QED) is 0.476. The zero-order chi connectivity index (χ0) is 19.1. The number of carbonyl (C=O) groups is 4. The van der Waals surface area contributed by atoms with E-state index in [1.54, 1.807) is 0 Å². The predicted molar refractivity (Wildman–Crippen MR) is 85.5 cm³/mol. The zero-order valence-electron chi connectivity index (χ0n) is 14.7.